The first-order valence-electron chi connectivity index (χ1n) is 3.33. The van der Waals surface area contributed by atoms with Crippen molar-refractivity contribution in [2.45, 2.75) is 6.61 Å². The number of rotatable bonds is 0. The van der Waals surface area contributed by atoms with Gasteiger partial charge in [-0.2, -0.15) is 0 Å². The molecule has 0 bridgehead atoms. The van der Waals surface area contributed by atoms with Gasteiger partial charge < -0.3 is 4.74 Å². The van der Waals surface area contributed by atoms with E-state index in [-0.39, 0.29) is 1.43 Å². The van der Waals surface area contributed by atoms with E-state index in [0.29, 0.717) is 6.61 Å². The van der Waals surface area contributed by atoms with E-state index in [0.717, 1.165) is 0 Å². The van der Waals surface area contributed by atoms with Crippen LogP contribution in [0.25, 0.3) is 6.08 Å². The highest BCUT2D eigenvalue weighted by Gasteiger charge is 2.00. The molecule has 1 heterocycles. The van der Waals surface area contributed by atoms with Gasteiger partial charge in [0.25, 0.3) is 0 Å². The lowest BCUT2D eigenvalue weighted by Gasteiger charge is -2.09. The molecular formula is C9H9O+. The highest BCUT2D eigenvalue weighted by atomic mass is 16.5. The Kier molecular flexibility index (Phi) is 1.21. The summed E-state index contributed by atoms with van der Waals surface area (Å²) in [6.07, 6.45) is 3.72. The predicted molar refractivity (Wildman–Crippen MR) is 41.4 cm³/mol. The van der Waals surface area contributed by atoms with Gasteiger partial charge in [0.2, 0.25) is 0 Å². The summed E-state index contributed by atoms with van der Waals surface area (Å²) in [6, 6.07) is 8.24. The molecule has 0 aliphatic carbocycles. The molecule has 0 N–H and O–H groups in total. The van der Waals surface area contributed by atoms with Crippen molar-refractivity contribution in [1.29, 1.82) is 0 Å². The maximum atomic E-state index is 5.12. The van der Waals surface area contributed by atoms with E-state index in [2.05, 4.69) is 12.1 Å². The minimum atomic E-state index is 0. The van der Waals surface area contributed by atoms with Crippen molar-refractivity contribution >= 4 is 6.08 Å². The van der Waals surface area contributed by atoms with Crippen LogP contribution in [0.4, 0.5) is 0 Å². The van der Waals surface area contributed by atoms with E-state index in [1.165, 1.54) is 11.1 Å². The monoisotopic (exact) mass is 133 g/mol. The Morgan fingerprint density at radius 2 is 2.20 bits per heavy atom. The van der Waals surface area contributed by atoms with E-state index in [9.17, 15) is 0 Å². The zero-order valence-corrected chi connectivity index (χ0v) is 5.58. The second-order valence-electron chi connectivity index (χ2n) is 2.31. The summed E-state index contributed by atoms with van der Waals surface area (Å²) in [5, 5.41) is 0. The topological polar surface area (TPSA) is 9.23 Å². The summed E-state index contributed by atoms with van der Waals surface area (Å²) >= 11 is 0. The van der Waals surface area contributed by atoms with Gasteiger partial charge in [-0.15, -0.1) is 0 Å². The quantitative estimate of drug-likeness (QED) is 0.527. The third-order valence-electron chi connectivity index (χ3n) is 1.64. The van der Waals surface area contributed by atoms with Gasteiger partial charge in [-0.3, -0.25) is 0 Å². The lowest BCUT2D eigenvalue weighted by Crippen LogP contribution is -1.94. The third kappa shape index (κ3) is 0.798. The lowest BCUT2D eigenvalue weighted by atomic mass is 10.1. The fourth-order valence-corrected chi connectivity index (χ4v) is 1.09. The van der Waals surface area contributed by atoms with Crippen molar-refractivity contribution in [3.63, 3.8) is 0 Å². The van der Waals surface area contributed by atoms with Crippen LogP contribution < -0.4 is 0 Å². The second-order valence-corrected chi connectivity index (χ2v) is 2.31. The predicted octanol–water partition coefficient (Wildman–Crippen LogP) is 2.30. The zero-order valence-electron chi connectivity index (χ0n) is 6.58. The second kappa shape index (κ2) is 2.18. The van der Waals surface area contributed by atoms with Gasteiger partial charge in [0, 0.05) is 0 Å². The molecule has 1 nitrogen and oxygen atoms in total. The Balaban J connectivity index is 0.000000605. The van der Waals surface area contributed by atoms with Gasteiger partial charge in [0.15, 0.2) is 0 Å². The summed E-state index contributed by atoms with van der Waals surface area (Å²) < 4.78 is 5.12. The first kappa shape index (κ1) is 5.54. The molecule has 2 rings (SSSR count). The Morgan fingerprint density at radius 1 is 1.30 bits per heavy atom. The number of fused-ring (bicyclic) bond motifs is 1. The summed E-state index contributed by atoms with van der Waals surface area (Å²) in [6.45, 7) is 0.715. The van der Waals surface area contributed by atoms with Crippen LogP contribution in [-0.4, -0.2) is 0 Å². The maximum Gasteiger partial charge on any atom is 1.00 e. The largest absolute Gasteiger partial charge is 1.00 e. The van der Waals surface area contributed by atoms with Gasteiger partial charge in [0.1, 0.15) is 6.61 Å². The van der Waals surface area contributed by atoms with Crippen LogP contribution in [-0.2, 0) is 11.3 Å². The molecule has 0 saturated heterocycles. The molecule has 0 spiro atoms. The van der Waals surface area contributed by atoms with Crippen molar-refractivity contribution in [3.8, 4) is 0 Å². The van der Waals surface area contributed by atoms with Crippen molar-refractivity contribution < 1.29 is 6.16 Å². The molecule has 1 aliphatic heterocycles. The van der Waals surface area contributed by atoms with Crippen molar-refractivity contribution in [3.05, 3.63) is 41.7 Å². The van der Waals surface area contributed by atoms with Crippen molar-refractivity contribution in [2.75, 3.05) is 0 Å². The van der Waals surface area contributed by atoms with Gasteiger partial charge >= 0.3 is 1.43 Å². The Morgan fingerprint density at radius 3 is 3.10 bits per heavy atom. The Labute approximate surface area is 61.4 Å². The number of hydrogen-bond donors (Lipinski definition) is 0. The minimum Gasteiger partial charge on any atom is -0.496 e. The summed E-state index contributed by atoms with van der Waals surface area (Å²) in [7, 11) is 0. The summed E-state index contributed by atoms with van der Waals surface area (Å²) in [5.74, 6) is 0. The first-order chi connectivity index (χ1) is 4.97. The molecule has 0 fully saturated rings. The molecule has 0 unspecified atom stereocenters. The van der Waals surface area contributed by atoms with Crippen LogP contribution in [0.15, 0.2) is 30.5 Å². The van der Waals surface area contributed by atoms with Crippen LogP contribution in [0.5, 0.6) is 0 Å². The van der Waals surface area contributed by atoms with Crippen LogP contribution >= 0.6 is 0 Å². The molecule has 1 heteroatoms. The van der Waals surface area contributed by atoms with Gasteiger partial charge in [-0.05, 0) is 17.2 Å². The van der Waals surface area contributed by atoms with E-state index < -0.39 is 0 Å². The van der Waals surface area contributed by atoms with Crippen molar-refractivity contribution in [1.82, 2.24) is 0 Å². The maximum absolute atomic E-state index is 5.12. The van der Waals surface area contributed by atoms with Crippen LogP contribution in [0.3, 0.4) is 0 Å². The van der Waals surface area contributed by atoms with E-state index in [4.69, 9.17) is 4.74 Å². The van der Waals surface area contributed by atoms with E-state index in [1.807, 2.05) is 18.2 Å². The molecule has 1 aromatic carbocycles. The summed E-state index contributed by atoms with van der Waals surface area (Å²) in [5.41, 5.74) is 2.54. The third-order valence-corrected chi connectivity index (χ3v) is 1.64. The number of hydrogen-bond acceptors (Lipinski definition) is 1. The van der Waals surface area contributed by atoms with Gasteiger partial charge in [0.05, 0.1) is 6.26 Å². The molecule has 0 radical (unpaired) electrons. The van der Waals surface area contributed by atoms with Crippen LogP contribution in [0, 0.1) is 0 Å². The van der Waals surface area contributed by atoms with Crippen LogP contribution in [0.1, 0.15) is 12.6 Å². The fourth-order valence-electron chi connectivity index (χ4n) is 1.09. The molecule has 0 saturated carbocycles. The standard InChI is InChI=1S/C9H8O/c1-2-4-9-7-10-6-5-8(9)3-1/h1-6H,7H2/p+1. The van der Waals surface area contributed by atoms with Crippen molar-refractivity contribution in [2.24, 2.45) is 0 Å². The highest BCUT2D eigenvalue weighted by Crippen LogP contribution is 2.15. The zero-order chi connectivity index (χ0) is 6.81. The number of benzene rings is 1. The van der Waals surface area contributed by atoms with E-state index in [1.54, 1.807) is 6.26 Å². The van der Waals surface area contributed by atoms with Gasteiger partial charge in [-0.1, -0.05) is 24.3 Å². The molecule has 0 amide bonds. The summed E-state index contributed by atoms with van der Waals surface area (Å²) in [4.78, 5) is 0. The average Bonchev–Trinajstić information content (AvgIpc) is 2.05. The molecule has 0 atom stereocenters. The normalized spacial score (nSPS) is 14.0. The lowest BCUT2D eigenvalue weighted by molar-refractivity contribution is 0.234. The number of ether oxygens (including phenoxy) is 1. The molecular weight excluding hydrogens is 124 g/mol. The Bertz CT molecular complexity index is 268. The highest BCUT2D eigenvalue weighted by molar-refractivity contribution is 5.53. The molecule has 10 heavy (non-hydrogen) atoms. The molecule has 1 aliphatic rings. The Hall–Kier alpha value is -1.24. The molecule has 50 valence electrons. The van der Waals surface area contributed by atoms with Crippen LogP contribution in [0.2, 0.25) is 0 Å². The SMILES string of the molecule is C1=Cc2ccccc2CO1.[H+]. The smallest absolute Gasteiger partial charge is 0.496 e. The first-order valence-corrected chi connectivity index (χ1v) is 3.33. The van der Waals surface area contributed by atoms with Gasteiger partial charge in [-0.25, -0.2) is 0 Å². The fraction of sp³-hybridized carbons (Fsp3) is 0.111. The minimum absolute atomic E-state index is 0. The molecule has 0 aromatic heterocycles. The molecule has 1 aromatic rings. The van der Waals surface area contributed by atoms with E-state index >= 15 is 0 Å². The average molecular weight is 133 g/mol.